The van der Waals surface area contributed by atoms with E-state index in [1.807, 2.05) is 0 Å². The van der Waals surface area contributed by atoms with Crippen LogP contribution in [-0.4, -0.2) is 11.0 Å². The van der Waals surface area contributed by atoms with Gasteiger partial charge in [-0.25, -0.2) is 0 Å². The average molecular weight is 452 g/mol. The number of halogens is 2. The summed E-state index contributed by atoms with van der Waals surface area (Å²) in [7, 11) is -0.936. The Hall–Kier alpha value is -0.243. The third-order valence-electron chi connectivity index (χ3n) is 4.85. The Morgan fingerprint density at radius 3 is 1.54 bits per heavy atom. The molecule has 2 aliphatic rings. The molecule has 0 saturated heterocycles. The molecule has 0 aliphatic heterocycles. The van der Waals surface area contributed by atoms with Crippen LogP contribution in [0.1, 0.15) is 30.7 Å². The first-order valence-electron chi connectivity index (χ1n) is 7.97. The summed E-state index contributed by atoms with van der Waals surface area (Å²) >= 11 is -1.23. The third-order valence-corrected chi connectivity index (χ3v) is 25.7. The predicted octanol–water partition coefficient (Wildman–Crippen LogP) is -0.600. The molecule has 0 aromatic heterocycles. The fourth-order valence-corrected chi connectivity index (χ4v) is 24.3. The largest absolute Gasteiger partial charge is 1.00 e. The fourth-order valence-electron chi connectivity index (χ4n) is 3.86. The van der Waals surface area contributed by atoms with E-state index in [1.54, 1.807) is 11.1 Å². The van der Waals surface area contributed by atoms with Gasteiger partial charge in [0.2, 0.25) is 0 Å². The minimum atomic E-state index is -1.23. The zero-order valence-electron chi connectivity index (χ0n) is 13.8. The minimum absolute atomic E-state index is 0. The Bertz CT molecular complexity index is 772. The van der Waals surface area contributed by atoms with Crippen molar-refractivity contribution in [2.45, 2.75) is 20.0 Å². The molecule has 24 heavy (non-hydrogen) atoms. The van der Waals surface area contributed by atoms with E-state index in [1.165, 1.54) is 11.1 Å². The summed E-state index contributed by atoms with van der Waals surface area (Å²) in [6.45, 7) is 0. The predicted molar refractivity (Wildman–Crippen MR) is 93.9 cm³/mol. The maximum Gasteiger partial charge on any atom is -1.00 e. The Balaban J connectivity index is 0.00000104. The Morgan fingerprint density at radius 1 is 0.708 bits per heavy atom. The topological polar surface area (TPSA) is 0 Å². The SMILES string of the molecule is [CH3][Ge]([CH3])=[Ti+2]([CH]1C=Cc2ccccc21)[CH]1C=Cc2ccccc21.[Cl-].[Cl-]. The molecule has 4 heteroatoms. The molecule has 0 radical (unpaired) electrons. The summed E-state index contributed by atoms with van der Waals surface area (Å²) < 4.78 is 1.53. The molecule has 0 spiro atoms. The van der Waals surface area contributed by atoms with Gasteiger partial charge in [0.15, 0.2) is 0 Å². The van der Waals surface area contributed by atoms with Gasteiger partial charge in [-0.05, 0) is 0 Å². The zero-order valence-corrected chi connectivity index (χ0v) is 19.0. The molecule has 0 bridgehead atoms. The van der Waals surface area contributed by atoms with Crippen molar-refractivity contribution in [3.8, 4) is 0 Å². The van der Waals surface area contributed by atoms with Crippen LogP contribution in [-0.2, 0) is 15.1 Å². The number of hydrogen-bond donors (Lipinski definition) is 0. The molecule has 0 N–H and O–H groups in total. The molecular formula is C20H20Cl2GeTi. The number of fused-ring (bicyclic) bond motifs is 2. The van der Waals surface area contributed by atoms with Crippen LogP contribution >= 0.6 is 0 Å². The van der Waals surface area contributed by atoms with Crippen LogP contribution in [0.5, 0.6) is 0 Å². The summed E-state index contributed by atoms with van der Waals surface area (Å²) in [4.78, 5) is 0. The van der Waals surface area contributed by atoms with Gasteiger partial charge in [0.05, 0.1) is 0 Å². The van der Waals surface area contributed by atoms with Crippen molar-refractivity contribution in [3.63, 3.8) is 0 Å². The molecule has 2 atom stereocenters. The first kappa shape index (κ1) is 20.1. The van der Waals surface area contributed by atoms with Crippen LogP contribution in [0, 0.1) is 0 Å². The summed E-state index contributed by atoms with van der Waals surface area (Å²) in [5.41, 5.74) is 6.16. The van der Waals surface area contributed by atoms with Crippen molar-refractivity contribution in [1.29, 1.82) is 0 Å². The summed E-state index contributed by atoms with van der Waals surface area (Å²) in [5.74, 6) is 5.22. The smallest absolute Gasteiger partial charge is 1.00 e. The second-order valence-electron chi connectivity index (χ2n) is 6.39. The number of rotatable bonds is 2. The van der Waals surface area contributed by atoms with Crippen LogP contribution in [0.2, 0.25) is 11.5 Å². The van der Waals surface area contributed by atoms with Crippen LogP contribution in [0.3, 0.4) is 0 Å². The maximum absolute atomic E-state index is 2.61. The number of allylic oxidation sites excluding steroid dienone is 2. The molecule has 2 aromatic carbocycles. The van der Waals surface area contributed by atoms with Crippen molar-refractivity contribution in [2.75, 3.05) is 0 Å². The molecule has 0 fully saturated rings. The van der Waals surface area contributed by atoms with Crippen molar-refractivity contribution >= 4 is 23.1 Å². The Morgan fingerprint density at radius 2 is 1.12 bits per heavy atom. The average Bonchev–Trinajstić information content (AvgIpc) is 3.13. The van der Waals surface area contributed by atoms with Gasteiger partial charge in [0, 0.05) is 0 Å². The van der Waals surface area contributed by atoms with Crippen LogP contribution in [0.25, 0.3) is 12.2 Å². The molecule has 2 aromatic rings. The number of hydrogen-bond acceptors (Lipinski definition) is 0. The van der Waals surface area contributed by atoms with Crippen molar-refractivity contribution in [3.05, 3.63) is 82.9 Å². The molecule has 2 unspecified atom stereocenters. The first-order valence-corrected chi connectivity index (χ1v) is 19.1. The van der Waals surface area contributed by atoms with Crippen LogP contribution in [0.4, 0.5) is 0 Å². The summed E-state index contributed by atoms with van der Waals surface area (Å²) in [5, 5.41) is 0. The van der Waals surface area contributed by atoms with Gasteiger partial charge in [0.1, 0.15) is 0 Å². The molecule has 0 saturated carbocycles. The van der Waals surface area contributed by atoms with E-state index in [9.17, 15) is 0 Å². The molecule has 122 valence electrons. The standard InChI is InChI=1S/2C9H7.C2H6Ge.2ClH.Ti/c2*1-2-5-9-7-3-6-8(9)4-1;1-3-2;;;/h2*1-7H;1-2H3;2*1H;/q;;;;;+2/p-2. The molecular weight excluding hydrogens is 432 g/mol. The Kier molecular flexibility index (Phi) is 7.05. The van der Waals surface area contributed by atoms with Gasteiger partial charge in [-0.2, -0.15) is 0 Å². The zero-order chi connectivity index (χ0) is 15.1. The van der Waals surface area contributed by atoms with Crippen LogP contribution in [0.15, 0.2) is 60.7 Å². The van der Waals surface area contributed by atoms with E-state index in [0.717, 1.165) is 8.45 Å². The Labute approximate surface area is 164 Å². The molecule has 2 aliphatic carbocycles. The van der Waals surface area contributed by atoms with Crippen molar-refractivity contribution in [2.24, 2.45) is 0 Å². The van der Waals surface area contributed by atoms with Gasteiger partial charge in [-0.3, -0.25) is 0 Å². The molecule has 0 heterocycles. The van der Waals surface area contributed by atoms with Gasteiger partial charge in [0.25, 0.3) is 0 Å². The van der Waals surface area contributed by atoms with E-state index in [2.05, 4.69) is 84.3 Å². The van der Waals surface area contributed by atoms with E-state index < -0.39 is 26.0 Å². The van der Waals surface area contributed by atoms with Gasteiger partial charge in [-0.1, -0.05) is 0 Å². The molecule has 4 rings (SSSR count). The molecule has 0 nitrogen and oxygen atoms in total. The maximum atomic E-state index is 2.61. The van der Waals surface area contributed by atoms with E-state index in [0.29, 0.717) is 0 Å². The van der Waals surface area contributed by atoms with Gasteiger partial charge >= 0.3 is 141 Å². The quantitative estimate of drug-likeness (QED) is 0.535. The van der Waals surface area contributed by atoms with Crippen LogP contribution < -0.4 is 24.8 Å². The second kappa shape index (κ2) is 8.43. The third kappa shape index (κ3) is 3.50. The first-order chi connectivity index (χ1) is 10.8. The minimum Gasteiger partial charge on any atom is -1.00 e. The van der Waals surface area contributed by atoms with E-state index in [-0.39, 0.29) is 24.8 Å². The monoisotopic (exact) mass is 452 g/mol. The van der Waals surface area contributed by atoms with E-state index in [4.69, 9.17) is 0 Å². The van der Waals surface area contributed by atoms with E-state index >= 15 is 0 Å². The van der Waals surface area contributed by atoms with Crippen molar-refractivity contribution in [1.82, 2.24) is 0 Å². The van der Waals surface area contributed by atoms with Gasteiger partial charge in [-0.15, -0.1) is 0 Å². The van der Waals surface area contributed by atoms with Crippen molar-refractivity contribution < 1.29 is 39.9 Å². The van der Waals surface area contributed by atoms with Gasteiger partial charge < -0.3 is 24.8 Å². The molecule has 0 amide bonds. The fraction of sp³-hybridized carbons (Fsp3) is 0.200. The normalized spacial score (nSPS) is 18.7. The number of benzene rings is 2. The summed E-state index contributed by atoms with van der Waals surface area (Å²) in [6.07, 6.45) is 9.82. The summed E-state index contributed by atoms with van der Waals surface area (Å²) in [6, 6.07) is 18.1. The second-order valence-corrected chi connectivity index (χ2v) is 27.1.